The Balaban J connectivity index is 1.28. The number of fused-ring (bicyclic) bond motifs is 3. The molecule has 5 heterocycles. The van der Waals surface area contributed by atoms with Gasteiger partial charge in [-0.15, -0.1) is 21.5 Å². The van der Waals surface area contributed by atoms with Crippen LogP contribution in [-0.2, 0) is 0 Å². The summed E-state index contributed by atoms with van der Waals surface area (Å²) in [7, 11) is 0. The van der Waals surface area contributed by atoms with Crippen LogP contribution in [0.5, 0.6) is 0 Å². The first-order chi connectivity index (χ1) is 18.0. The van der Waals surface area contributed by atoms with Crippen molar-refractivity contribution in [3.8, 4) is 6.07 Å². The van der Waals surface area contributed by atoms with Crippen LogP contribution in [0.2, 0.25) is 0 Å². The smallest absolute Gasteiger partial charge is 0.172 e. The Morgan fingerprint density at radius 2 is 1.65 bits per heavy atom. The summed E-state index contributed by atoms with van der Waals surface area (Å²) < 4.78 is 0.963. The monoisotopic (exact) mass is 512 g/mol. The lowest BCUT2D eigenvalue weighted by Gasteiger charge is -2.36. The summed E-state index contributed by atoms with van der Waals surface area (Å²) in [6.45, 7) is 8.98. The molecule has 2 aliphatic rings. The maximum absolute atomic E-state index is 11.6. The summed E-state index contributed by atoms with van der Waals surface area (Å²) in [5.41, 5.74) is 3.19. The van der Waals surface area contributed by atoms with Gasteiger partial charge in [-0.25, -0.2) is 4.98 Å². The molecule has 0 bridgehead atoms. The van der Waals surface area contributed by atoms with Gasteiger partial charge < -0.3 is 14.7 Å². The SMILES string of the molecule is CC(=O)c1ccc(N2CCN(c3nnnc4c3sc3nc(N5CCC(C)CC5)c(C#N)cc34)CC2)cc1. The van der Waals surface area contributed by atoms with E-state index < -0.39 is 0 Å². The lowest BCUT2D eigenvalue weighted by atomic mass is 9.99. The second-order valence-corrected chi connectivity index (χ2v) is 11.0. The van der Waals surface area contributed by atoms with E-state index in [2.05, 4.69) is 43.1 Å². The minimum atomic E-state index is 0.0778. The van der Waals surface area contributed by atoms with Crippen LogP contribution < -0.4 is 14.7 Å². The number of nitrogens with zero attached hydrogens (tertiary/aromatic N) is 8. The van der Waals surface area contributed by atoms with Gasteiger partial charge in [0.05, 0.1) is 5.56 Å². The molecule has 37 heavy (non-hydrogen) atoms. The van der Waals surface area contributed by atoms with Gasteiger partial charge in [-0.2, -0.15) is 5.26 Å². The van der Waals surface area contributed by atoms with Crippen LogP contribution in [0.15, 0.2) is 30.3 Å². The lowest BCUT2D eigenvalue weighted by molar-refractivity contribution is 0.101. The van der Waals surface area contributed by atoms with Crippen molar-refractivity contribution in [2.24, 2.45) is 5.92 Å². The highest BCUT2D eigenvalue weighted by molar-refractivity contribution is 7.26. The van der Waals surface area contributed by atoms with Gasteiger partial charge >= 0.3 is 0 Å². The van der Waals surface area contributed by atoms with E-state index in [9.17, 15) is 10.1 Å². The number of carbonyl (C=O) groups is 1. The number of piperidine rings is 1. The van der Waals surface area contributed by atoms with E-state index in [1.165, 1.54) is 0 Å². The number of hydrogen-bond acceptors (Lipinski definition) is 10. The van der Waals surface area contributed by atoms with E-state index >= 15 is 0 Å². The van der Waals surface area contributed by atoms with E-state index in [1.54, 1.807) is 18.3 Å². The Hall–Kier alpha value is -3.84. The highest BCUT2D eigenvalue weighted by atomic mass is 32.1. The molecule has 2 aliphatic heterocycles. The summed E-state index contributed by atoms with van der Waals surface area (Å²) in [6, 6.07) is 12.1. The fraction of sp³-hybridized carbons (Fsp3) is 0.407. The summed E-state index contributed by atoms with van der Waals surface area (Å²) in [6.07, 6.45) is 2.23. The number of hydrogen-bond donors (Lipinski definition) is 0. The number of benzene rings is 1. The molecule has 6 rings (SSSR count). The molecule has 2 fully saturated rings. The molecule has 0 saturated carbocycles. The van der Waals surface area contributed by atoms with Gasteiger partial charge in [-0.3, -0.25) is 4.79 Å². The summed E-state index contributed by atoms with van der Waals surface area (Å²) in [4.78, 5) is 24.3. The predicted molar refractivity (Wildman–Crippen MR) is 147 cm³/mol. The molecule has 0 spiro atoms. The zero-order chi connectivity index (χ0) is 25.5. The van der Waals surface area contributed by atoms with E-state index in [1.807, 2.05) is 30.3 Å². The van der Waals surface area contributed by atoms with E-state index in [-0.39, 0.29) is 5.78 Å². The minimum absolute atomic E-state index is 0.0778. The largest absolute Gasteiger partial charge is 0.368 e. The molecule has 3 aromatic heterocycles. The van der Waals surface area contributed by atoms with Crippen LogP contribution in [0, 0.1) is 17.2 Å². The quantitative estimate of drug-likeness (QED) is 0.371. The molecular weight excluding hydrogens is 484 g/mol. The number of Topliss-reactive ketones (excluding diaryl/α,β-unsaturated/α-hetero) is 1. The molecule has 0 unspecified atom stereocenters. The second kappa shape index (κ2) is 9.56. The number of anilines is 3. The van der Waals surface area contributed by atoms with Crippen molar-refractivity contribution in [1.29, 1.82) is 5.26 Å². The average Bonchev–Trinajstić information content (AvgIpc) is 3.30. The number of pyridine rings is 1. The minimum Gasteiger partial charge on any atom is -0.368 e. The third-order valence-corrected chi connectivity index (χ3v) is 8.63. The Kier molecular flexibility index (Phi) is 6.08. The van der Waals surface area contributed by atoms with Crippen molar-refractivity contribution in [1.82, 2.24) is 20.4 Å². The maximum Gasteiger partial charge on any atom is 0.172 e. The normalized spacial score (nSPS) is 16.9. The molecule has 0 radical (unpaired) electrons. The van der Waals surface area contributed by atoms with E-state index in [4.69, 9.17) is 4.98 Å². The van der Waals surface area contributed by atoms with Crippen molar-refractivity contribution < 1.29 is 4.79 Å². The number of thiophene rings is 1. The van der Waals surface area contributed by atoms with Gasteiger partial charge in [0.2, 0.25) is 0 Å². The van der Waals surface area contributed by atoms with E-state index in [0.29, 0.717) is 11.5 Å². The molecule has 188 valence electrons. The van der Waals surface area contributed by atoms with Gasteiger partial charge in [0, 0.05) is 55.9 Å². The molecule has 2 saturated heterocycles. The third kappa shape index (κ3) is 4.33. The molecule has 10 heteroatoms. The fourth-order valence-electron chi connectivity index (χ4n) is 5.24. The Morgan fingerprint density at radius 1 is 0.973 bits per heavy atom. The van der Waals surface area contributed by atoms with Crippen LogP contribution in [0.4, 0.5) is 17.3 Å². The number of aromatic nitrogens is 4. The van der Waals surface area contributed by atoms with Crippen LogP contribution in [0.3, 0.4) is 0 Å². The maximum atomic E-state index is 11.6. The zero-order valence-electron chi connectivity index (χ0n) is 21.0. The van der Waals surface area contributed by atoms with Crippen molar-refractivity contribution in [3.63, 3.8) is 0 Å². The summed E-state index contributed by atoms with van der Waals surface area (Å²) in [5, 5.41) is 23.6. The average molecular weight is 513 g/mol. The van der Waals surface area contributed by atoms with Gasteiger partial charge in [0.1, 0.15) is 26.9 Å². The molecule has 1 aromatic carbocycles. The second-order valence-electron chi connectivity index (χ2n) is 9.96. The van der Waals surface area contributed by atoms with E-state index in [0.717, 1.165) is 95.4 Å². The summed E-state index contributed by atoms with van der Waals surface area (Å²) >= 11 is 1.58. The van der Waals surface area contributed by atoms with Crippen LogP contribution in [0.1, 0.15) is 42.6 Å². The predicted octanol–water partition coefficient (Wildman–Crippen LogP) is 4.27. The third-order valence-electron chi connectivity index (χ3n) is 7.55. The first-order valence-electron chi connectivity index (χ1n) is 12.7. The standard InChI is InChI=1S/C27H28N8OS/c1-17-7-9-34(10-8-17)25-20(16-28)15-22-23-24(37-27(22)29-25)26(31-32-30-23)35-13-11-33(12-14-35)21-5-3-19(4-6-21)18(2)36/h3-6,15,17H,7-14H2,1-2H3. The molecule has 0 aliphatic carbocycles. The van der Waals surface area contributed by atoms with Crippen molar-refractivity contribution in [3.05, 3.63) is 41.5 Å². The first kappa shape index (κ1) is 23.6. The van der Waals surface area contributed by atoms with Crippen LogP contribution in [-0.4, -0.2) is 65.4 Å². The molecule has 0 N–H and O–H groups in total. The van der Waals surface area contributed by atoms with Gasteiger partial charge in [0.25, 0.3) is 0 Å². The number of piperazine rings is 1. The first-order valence-corrected chi connectivity index (χ1v) is 13.6. The topological polar surface area (TPSA) is 102 Å². The summed E-state index contributed by atoms with van der Waals surface area (Å²) in [5.74, 6) is 2.39. The number of rotatable bonds is 4. The molecule has 0 amide bonds. The van der Waals surface area contributed by atoms with Crippen molar-refractivity contribution >= 4 is 54.9 Å². The molecule has 4 aromatic rings. The zero-order valence-corrected chi connectivity index (χ0v) is 21.8. The Bertz CT molecular complexity index is 1510. The number of nitriles is 1. The van der Waals surface area contributed by atoms with Gasteiger partial charge in [-0.1, -0.05) is 6.92 Å². The van der Waals surface area contributed by atoms with Crippen LogP contribution in [0.25, 0.3) is 20.4 Å². The van der Waals surface area contributed by atoms with Crippen molar-refractivity contribution in [2.45, 2.75) is 26.7 Å². The molecular formula is C27H28N8OS. The Morgan fingerprint density at radius 3 is 2.32 bits per heavy atom. The number of carbonyl (C=O) groups excluding carboxylic acids is 1. The van der Waals surface area contributed by atoms with Crippen molar-refractivity contribution in [2.75, 3.05) is 54.0 Å². The van der Waals surface area contributed by atoms with Gasteiger partial charge in [0.15, 0.2) is 11.6 Å². The highest BCUT2D eigenvalue weighted by Gasteiger charge is 2.25. The molecule has 0 atom stereocenters. The Labute approximate surface area is 219 Å². The van der Waals surface area contributed by atoms with Gasteiger partial charge in [-0.05, 0) is 61.2 Å². The fourth-order valence-corrected chi connectivity index (χ4v) is 6.34. The number of ketones is 1. The highest BCUT2D eigenvalue weighted by Crippen LogP contribution is 2.39. The molecule has 9 nitrogen and oxygen atoms in total. The lowest BCUT2D eigenvalue weighted by Crippen LogP contribution is -2.47. The van der Waals surface area contributed by atoms with Crippen LogP contribution >= 0.6 is 11.3 Å².